The van der Waals surface area contributed by atoms with E-state index in [9.17, 15) is 9.59 Å². The van der Waals surface area contributed by atoms with Crippen molar-refractivity contribution in [2.24, 2.45) is 5.41 Å². The van der Waals surface area contributed by atoms with Gasteiger partial charge in [0.15, 0.2) is 0 Å². The van der Waals surface area contributed by atoms with Crippen LogP contribution < -0.4 is 0 Å². The lowest BCUT2D eigenvalue weighted by atomic mass is 9.88. The van der Waals surface area contributed by atoms with Crippen LogP contribution in [0.2, 0.25) is 0 Å². The normalized spacial score (nSPS) is 26.8. The second-order valence-corrected chi connectivity index (χ2v) is 4.35. The number of nitrogens with zero attached hydrogens (tertiary/aromatic N) is 1. The maximum absolute atomic E-state index is 11.7. The largest absolute Gasteiger partial charge is 0.315 e. The summed E-state index contributed by atoms with van der Waals surface area (Å²) in [5, 5.41) is 0. The molecule has 70 valence electrons. The molecule has 0 atom stereocenters. The molecule has 0 bridgehead atoms. The van der Waals surface area contributed by atoms with Crippen LogP contribution in [0.15, 0.2) is 12.3 Å². The van der Waals surface area contributed by atoms with Gasteiger partial charge in [0.05, 0.1) is 11.5 Å². The molecule has 3 nitrogen and oxygen atoms in total. The number of hydrogen-bond acceptors (Lipinski definition) is 2. The fraction of sp³-hybridized carbons (Fsp3) is 0.600. The van der Waals surface area contributed by atoms with Crippen molar-refractivity contribution < 1.29 is 9.59 Å². The minimum atomic E-state index is -0.376. The van der Waals surface area contributed by atoms with E-state index < -0.39 is 0 Å². The van der Waals surface area contributed by atoms with E-state index in [0.717, 1.165) is 0 Å². The van der Waals surface area contributed by atoms with Crippen molar-refractivity contribution in [3.05, 3.63) is 12.3 Å². The van der Waals surface area contributed by atoms with Crippen LogP contribution in [0.25, 0.3) is 0 Å². The lowest BCUT2D eigenvalue weighted by Crippen LogP contribution is -2.46. The van der Waals surface area contributed by atoms with Crippen LogP contribution in [-0.2, 0) is 9.59 Å². The third-order valence-corrected chi connectivity index (χ3v) is 2.76. The lowest BCUT2D eigenvalue weighted by Gasteiger charge is -2.33. The highest BCUT2D eigenvalue weighted by atomic mass is 16.2. The smallest absolute Gasteiger partial charge is 0.236 e. The zero-order valence-corrected chi connectivity index (χ0v) is 7.91. The van der Waals surface area contributed by atoms with E-state index in [1.165, 1.54) is 0 Å². The number of ketones is 1. The van der Waals surface area contributed by atoms with Gasteiger partial charge in [0.1, 0.15) is 5.78 Å². The fourth-order valence-corrected chi connectivity index (χ4v) is 1.69. The second kappa shape index (κ2) is 2.44. The van der Waals surface area contributed by atoms with Crippen LogP contribution in [0.4, 0.5) is 0 Å². The predicted octanol–water partition coefficient (Wildman–Crippen LogP) is 1.10. The summed E-state index contributed by atoms with van der Waals surface area (Å²) in [6.45, 7) is 3.79. The first-order chi connectivity index (χ1) is 6.00. The molecule has 0 spiro atoms. The first-order valence-corrected chi connectivity index (χ1v) is 4.54. The molecule has 1 aliphatic heterocycles. The Bertz CT molecular complexity index is 296. The maximum atomic E-state index is 11.7. The molecule has 0 unspecified atom stereocenters. The highest BCUT2D eigenvalue weighted by Crippen LogP contribution is 2.33. The summed E-state index contributed by atoms with van der Waals surface area (Å²) in [5.74, 6) is 0.376. The zero-order chi connectivity index (χ0) is 9.64. The van der Waals surface area contributed by atoms with Gasteiger partial charge in [-0.1, -0.05) is 6.08 Å². The lowest BCUT2D eigenvalue weighted by molar-refractivity contribution is -0.139. The Morgan fingerprint density at radius 2 is 2.00 bits per heavy atom. The molecule has 0 aromatic carbocycles. The number of amides is 1. The fourth-order valence-electron chi connectivity index (χ4n) is 1.69. The van der Waals surface area contributed by atoms with Crippen LogP contribution in [0, 0.1) is 5.41 Å². The predicted molar refractivity (Wildman–Crippen MR) is 47.8 cm³/mol. The Hall–Kier alpha value is -1.12. The molecule has 1 amide bonds. The molecule has 1 fully saturated rings. The molecule has 13 heavy (non-hydrogen) atoms. The number of rotatable bonds is 1. The average Bonchev–Trinajstić information content (AvgIpc) is 2.23. The summed E-state index contributed by atoms with van der Waals surface area (Å²) in [6.07, 6.45) is 4.79. The van der Waals surface area contributed by atoms with E-state index in [1.54, 1.807) is 4.90 Å². The Kier molecular flexibility index (Phi) is 1.59. The summed E-state index contributed by atoms with van der Waals surface area (Å²) in [6, 6.07) is 0.137. The van der Waals surface area contributed by atoms with E-state index in [2.05, 4.69) is 0 Å². The molecule has 0 radical (unpaired) electrons. The Morgan fingerprint density at radius 1 is 1.38 bits per heavy atom. The first-order valence-electron chi connectivity index (χ1n) is 4.54. The molecular formula is C10H13NO2. The molecule has 1 heterocycles. The molecule has 0 aromatic heterocycles. The molecule has 2 rings (SSSR count). The van der Waals surface area contributed by atoms with Crippen LogP contribution in [0.1, 0.15) is 26.7 Å². The van der Waals surface area contributed by atoms with Gasteiger partial charge < -0.3 is 4.90 Å². The van der Waals surface area contributed by atoms with E-state index in [0.29, 0.717) is 12.8 Å². The van der Waals surface area contributed by atoms with Gasteiger partial charge in [-0.25, -0.2) is 0 Å². The van der Waals surface area contributed by atoms with Crippen molar-refractivity contribution in [3.63, 3.8) is 0 Å². The SMILES string of the molecule is CC1(C)C=CN(C2CC(=O)C2)C1=O. The van der Waals surface area contributed by atoms with E-state index in [4.69, 9.17) is 0 Å². The van der Waals surface area contributed by atoms with Crippen molar-refractivity contribution in [2.45, 2.75) is 32.7 Å². The van der Waals surface area contributed by atoms with Crippen LogP contribution in [0.5, 0.6) is 0 Å². The van der Waals surface area contributed by atoms with Gasteiger partial charge in [-0.05, 0) is 13.8 Å². The molecule has 0 aromatic rings. The number of Topliss-reactive ketones (excluding diaryl/α,β-unsaturated/α-hetero) is 1. The molecular weight excluding hydrogens is 166 g/mol. The van der Waals surface area contributed by atoms with Crippen molar-refractivity contribution >= 4 is 11.7 Å². The summed E-state index contributed by atoms with van der Waals surface area (Å²) >= 11 is 0. The van der Waals surface area contributed by atoms with Gasteiger partial charge in [-0.15, -0.1) is 0 Å². The van der Waals surface area contributed by atoms with Crippen LogP contribution in [0.3, 0.4) is 0 Å². The van der Waals surface area contributed by atoms with Crippen molar-refractivity contribution in [3.8, 4) is 0 Å². The van der Waals surface area contributed by atoms with Crippen LogP contribution in [-0.4, -0.2) is 22.6 Å². The third kappa shape index (κ3) is 1.19. The number of carbonyl (C=O) groups excluding carboxylic acids is 2. The summed E-state index contributed by atoms with van der Waals surface area (Å²) < 4.78 is 0. The van der Waals surface area contributed by atoms with E-state index in [1.807, 2.05) is 26.1 Å². The van der Waals surface area contributed by atoms with Gasteiger partial charge in [-0.2, -0.15) is 0 Å². The minimum Gasteiger partial charge on any atom is -0.315 e. The van der Waals surface area contributed by atoms with Gasteiger partial charge in [-0.3, -0.25) is 9.59 Å². The summed E-state index contributed by atoms with van der Waals surface area (Å²) in [5.41, 5.74) is -0.376. The van der Waals surface area contributed by atoms with Gasteiger partial charge in [0.2, 0.25) is 5.91 Å². The van der Waals surface area contributed by atoms with Crippen molar-refractivity contribution in [1.29, 1.82) is 0 Å². The minimum absolute atomic E-state index is 0.116. The molecule has 1 saturated carbocycles. The standard InChI is InChI=1S/C10H13NO2/c1-10(2)3-4-11(9(10)13)7-5-8(12)6-7/h3-4,7H,5-6H2,1-2H3. The topological polar surface area (TPSA) is 37.4 Å². The van der Waals surface area contributed by atoms with Gasteiger partial charge >= 0.3 is 0 Å². The average molecular weight is 179 g/mol. The molecule has 0 N–H and O–H groups in total. The molecule has 0 saturated heterocycles. The van der Waals surface area contributed by atoms with Gasteiger partial charge in [0, 0.05) is 19.0 Å². The molecule has 1 aliphatic carbocycles. The monoisotopic (exact) mass is 179 g/mol. The van der Waals surface area contributed by atoms with Crippen LogP contribution >= 0.6 is 0 Å². The highest BCUT2D eigenvalue weighted by molar-refractivity contribution is 5.92. The second-order valence-electron chi connectivity index (χ2n) is 4.35. The Morgan fingerprint density at radius 3 is 2.38 bits per heavy atom. The number of hydrogen-bond donors (Lipinski definition) is 0. The first kappa shape index (κ1) is 8.48. The maximum Gasteiger partial charge on any atom is 0.236 e. The molecule has 3 heteroatoms. The third-order valence-electron chi connectivity index (χ3n) is 2.76. The molecule has 2 aliphatic rings. The summed E-state index contributed by atoms with van der Waals surface area (Å²) in [7, 11) is 0. The van der Waals surface area contributed by atoms with E-state index in [-0.39, 0.29) is 23.1 Å². The quantitative estimate of drug-likeness (QED) is 0.604. The van der Waals surface area contributed by atoms with Crippen molar-refractivity contribution in [1.82, 2.24) is 4.90 Å². The summed E-state index contributed by atoms with van der Waals surface area (Å²) in [4.78, 5) is 24.2. The highest BCUT2D eigenvalue weighted by Gasteiger charge is 2.41. The Balaban J connectivity index is 2.08. The van der Waals surface area contributed by atoms with Gasteiger partial charge in [0.25, 0.3) is 0 Å². The number of carbonyl (C=O) groups is 2. The van der Waals surface area contributed by atoms with Crippen molar-refractivity contribution in [2.75, 3.05) is 0 Å². The zero-order valence-electron chi connectivity index (χ0n) is 7.91. The van der Waals surface area contributed by atoms with E-state index >= 15 is 0 Å². The Labute approximate surface area is 77.4 Å².